The maximum Gasteiger partial charge on any atom is 0.410 e. The topological polar surface area (TPSA) is 71.5 Å². The third-order valence-electron chi connectivity index (χ3n) is 3.28. The van der Waals surface area contributed by atoms with Crippen LogP contribution in [0.3, 0.4) is 0 Å². The summed E-state index contributed by atoms with van der Waals surface area (Å²) in [5.41, 5.74) is 1.07. The molecule has 2 rings (SSSR count). The summed E-state index contributed by atoms with van der Waals surface area (Å²) in [5, 5.41) is 2.86. The molecule has 6 heteroatoms. The lowest BCUT2D eigenvalue weighted by Gasteiger charge is -2.22. The SMILES string of the molecule is CC(C)CN1C(=O)OC[C@H]1C(=O)NCCc1cccnc1. The molecule has 1 aliphatic rings. The zero-order chi connectivity index (χ0) is 15.2. The second-order valence-corrected chi connectivity index (χ2v) is 5.54. The molecule has 1 N–H and O–H groups in total. The minimum Gasteiger partial charge on any atom is -0.447 e. The van der Waals surface area contributed by atoms with Gasteiger partial charge in [0, 0.05) is 25.5 Å². The molecule has 6 nitrogen and oxygen atoms in total. The van der Waals surface area contributed by atoms with E-state index in [2.05, 4.69) is 10.3 Å². The first-order valence-electron chi connectivity index (χ1n) is 7.18. The highest BCUT2D eigenvalue weighted by atomic mass is 16.6. The van der Waals surface area contributed by atoms with Crippen LogP contribution in [0.5, 0.6) is 0 Å². The summed E-state index contributed by atoms with van der Waals surface area (Å²) >= 11 is 0. The Hall–Kier alpha value is -2.11. The summed E-state index contributed by atoms with van der Waals surface area (Å²) in [6.45, 7) is 5.18. The van der Waals surface area contributed by atoms with Gasteiger partial charge in [-0.3, -0.25) is 14.7 Å². The van der Waals surface area contributed by atoms with Crippen LogP contribution in [-0.2, 0) is 16.0 Å². The Morgan fingerprint density at radius 2 is 2.38 bits per heavy atom. The second kappa shape index (κ2) is 7.06. The summed E-state index contributed by atoms with van der Waals surface area (Å²) < 4.78 is 4.98. The van der Waals surface area contributed by atoms with E-state index >= 15 is 0 Å². The number of hydrogen-bond donors (Lipinski definition) is 1. The van der Waals surface area contributed by atoms with Gasteiger partial charge in [-0.1, -0.05) is 19.9 Å². The van der Waals surface area contributed by atoms with E-state index in [4.69, 9.17) is 4.74 Å². The van der Waals surface area contributed by atoms with Crippen LogP contribution >= 0.6 is 0 Å². The van der Waals surface area contributed by atoms with Gasteiger partial charge in [-0.05, 0) is 24.0 Å². The van der Waals surface area contributed by atoms with Gasteiger partial charge in [-0.15, -0.1) is 0 Å². The number of amides is 2. The molecule has 0 spiro atoms. The molecule has 0 unspecified atom stereocenters. The van der Waals surface area contributed by atoms with Gasteiger partial charge in [0.1, 0.15) is 12.6 Å². The van der Waals surface area contributed by atoms with Crippen molar-refractivity contribution in [3.8, 4) is 0 Å². The Kier molecular flexibility index (Phi) is 5.14. The van der Waals surface area contributed by atoms with E-state index in [-0.39, 0.29) is 12.5 Å². The summed E-state index contributed by atoms with van der Waals surface area (Å²) in [7, 11) is 0. The maximum absolute atomic E-state index is 12.2. The normalized spacial score (nSPS) is 18.0. The fourth-order valence-electron chi connectivity index (χ4n) is 2.26. The number of nitrogens with one attached hydrogen (secondary N) is 1. The monoisotopic (exact) mass is 291 g/mol. The molecular weight excluding hydrogens is 270 g/mol. The van der Waals surface area contributed by atoms with Crippen LogP contribution in [0.1, 0.15) is 19.4 Å². The maximum atomic E-state index is 12.2. The van der Waals surface area contributed by atoms with E-state index in [9.17, 15) is 9.59 Å². The van der Waals surface area contributed by atoms with Crippen molar-refractivity contribution in [3.05, 3.63) is 30.1 Å². The van der Waals surface area contributed by atoms with Crippen LogP contribution in [0, 0.1) is 5.92 Å². The number of carbonyl (C=O) groups excluding carboxylic acids is 2. The van der Waals surface area contributed by atoms with E-state index in [1.54, 1.807) is 12.4 Å². The highest BCUT2D eigenvalue weighted by Crippen LogP contribution is 2.14. The second-order valence-electron chi connectivity index (χ2n) is 5.54. The smallest absolute Gasteiger partial charge is 0.410 e. The Labute approximate surface area is 124 Å². The minimum atomic E-state index is -0.520. The van der Waals surface area contributed by atoms with Crippen molar-refractivity contribution in [2.24, 2.45) is 5.92 Å². The van der Waals surface area contributed by atoms with Crippen molar-refractivity contribution in [1.82, 2.24) is 15.2 Å². The predicted molar refractivity (Wildman–Crippen MR) is 77.6 cm³/mol. The molecule has 0 aliphatic carbocycles. The van der Waals surface area contributed by atoms with Crippen molar-refractivity contribution >= 4 is 12.0 Å². The van der Waals surface area contributed by atoms with Crippen LogP contribution < -0.4 is 5.32 Å². The fraction of sp³-hybridized carbons (Fsp3) is 0.533. The number of carbonyl (C=O) groups is 2. The van der Waals surface area contributed by atoms with E-state index in [1.807, 2.05) is 26.0 Å². The molecule has 1 aromatic heterocycles. The van der Waals surface area contributed by atoms with Gasteiger partial charge in [-0.25, -0.2) is 4.79 Å². The van der Waals surface area contributed by atoms with Gasteiger partial charge >= 0.3 is 6.09 Å². The molecule has 1 fully saturated rings. The van der Waals surface area contributed by atoms with E-state index in [1.165, 1.54) is 4.90 Å². The molecule has 0 bridgehead atoms. The van der Waals surface area contributed by atoms with E-state index in [0.29, 0.717) is 25.4 Å². The van der Waals surface area contributed by atoms with E-state index in [0.717, 1.165) is 5.56 Å². The summed E-state index contributed by atoms with van der Waals surface area (Å²) in [5.74, 6) is 0.131. The standard InChI is InChI=1S/C15H21N3O3/c1-11(2)9-18-13(10-21-15(18)20)14(19)17-7-5-12-4-3-6-16-8-12/h3-4,6,8,11,13H,5,7,9-10H2,1-2H3,(H,17,19)/t13-/m0/s1. The molecule has 1 aliphatic heterocycles. The van der Waals surface area contributed by atoms with Crippen molar-refractivity contribution in [2.75, 3.05) is 19.7 Å². The zero-order valence-electron chi connectivity index (χ0n) is 12.4. The molecule has 1 saturated heterocycles. The average molecular weight is 291 g/mol. The van der Waals surface area contributed by atoms with Crippen LogP contribution in [0.2, 0.25) is 0 Å². The first kappa shape index (κ1) is 15.3. The number of hydrogen-bond acceptors (Lipinski definition) is 4. The van der Waals surface area contributed by atoms with Gasteiger partial charge < -0.3 is 10.1 Å². The molecular formula is C15H21N3O3. The largest absolute Gasteiger partial charge is 0.447 e. The van der Waals surface area contributed by atoms with Gasteiger partial charge in [0.15, 0.2) is 0 Å². The number of nitrogens with zero attached hydrogens (tertiary/aromatic N) is 2. The average Bonchev–Trinajstić information content (AvgIpc) is 2.81. The van der Waals surface area contributed by atoms with Crippen LogP contribution in [-0.4, -0.2) is 47.6 Å². The number of cyclic esters (lactones) is 1. The number of ether oxygens (including phenoxy) is 1. The Balaban J connectivity index is 1.83. The zero-order valence-corrected chi connectivity index (χ0v) is 12.4. The van der Waals surface area contributed by atoms with Gasteiger partial charge in [-0.2, -0.15) is 0 Å². The molecule has 21 heavy (non-hydrogen) atoms. The molecule has 1 atom stereocenters. The quantitative estimate of drug-likeness (QED) is 0.855. The molecule has 0 radical (unpaired) electrons. The van der Waals surface area contributed by atoms with E-state index < -0.39 is 12.1 Å². The summed E-state index contributed by atoms with van der Waals surface area (Å²) in [4.78, 5) is 29.3. The third-order valence-corrected chi connectivity index (χ3v) is 3.28. The lowest BCUT2D eigenvalue weighted by atomic mass is 10.1. The third kappa shape index (κ3) is 4.18. The summed E-state index contributed by atoms with van der Waals surface area (Å²) in [6, 6.07) is 3.31. The minimum absolute atomic E-state index is 0.129. The lowest BCUT2D eigenvalue weighted by molar-refractivity contribution is -0.124. The molecule has 1 aromatic rings. The first-order valence-corrected chi connectivity index (χ1v) is 7.18. The Morgan fingerprint density at radius 1 is 1.57 bits per heavy atom. The lowest BCUT2D eigenvalue weighted by Crippen LogP contribution is -2.47. The molecule has 2 amide bonds. The highest BCUT2D eigenvalue weighted by Gasteiger charge is 2.37. The Bertz CT molecular complexity index is 490. The van der Waals surface area contributed by atoms with Crippen LogP contribution in [0.15, 0.2) is 24.5 Å². The molecule has 0 aromatic carbocycles. The first-order chi connectivity index (χ1) is 10.1. The van der Waals surface area contributed by atoms with Crippen LogP contribution in [0.25, 0.3) is 0 Å². The van der Waals surface area contributed by atoms with Gasteiger partial charge in [0.25, 0.3) is 0 Å². The number of aromatic nitrogens is 1. The van der Waals surface area contributed by atoms with Gasteiger partial charge in [0.05, 0.1) is 0 Å². The molecule has 2 heterocycles. The predicted octanol–water partition coefficient (Wildman–Crippen LogP) is 1.22. The number of pyridine rings is 1. The van der Waals surface area contributed by atoms with Crippen LogP contribution in [0.4, 0.5) is 4.79 Å². The Morgan fingerprint density at radius 3 is 3.05 bits per heavy atom. The fourth-order valence-corrected chi connectivity index (χ4v) is 2.26. The molecule has 114 valence electrons. The van der Waals surface area contributed by atoms with Crippen molar-refractivity contribution in [2.45, 2.75) is 26.3 Å². The van der Waals surface area contributed by atoms with Crippen molar-refractivity contribution in [3.63, 3.8) is 0 Å². The summed E-state index contributed by atoms with van der Waals surface area (Å²) in [6.07, 6.45) is 3.80. The van der Waals surface area contributed by atoms with Crippen molar-refractivity contribution in [1.29, 1.82) is 0 Å². The molecule has 0 saturated carbocycles. The number of rotatable bonds is 6. The van der Waals surface area contributed by atoms with Crippen molar-refractivity contribution < 1.29 is 14.3 Å². The van der Waals surface area contributed by atoms with Gasteiger partial charge in [0.2, 0.25) is 5.91 Å². The highest BCUT2D eigenvalue weighted by molar-refractivity contribution is 5.87.